The highest BCUT2D eigenvalue weighted by Gasteiger charge is 2.47. The molecule has 1 aliphatic heterocycles. The van der Waals surface area contributed by atoms with Gasteiger partial charge < -0.3 is 14.9 Å². The second kappa shape index (κ2) is 5.01. The molecule has 0 unspecified atom stereocenters. The van der Waals surface area contributed by atoms with Crippen molar-refractivity contribution in [2.45, 2.75) is 50.4 Å². The lowest BCUT2D eigenvalue weighted by Crippen LogP contribution is -2.40. The molecule has 0 aromatic carbocycles. The smallest absolute Gasteiger partial charge is 0.334 e. The summed E-state index contributed by atoms with van der Waals surface area (Å²) in [4.78, 5) is 11.7. The van der Waals surface area contributed by atoms with Crippen LogP contribution in [0.5, 0.6) is 0 Å². The first kappa shape index (κ1) is 13.8. The molecule has 0 aromatic heterocycles. The lowest BCUT2D eigenvalue weighted by Gasteiger charge is -2.41. The van der Waals surface area contributed by atoms with Crippen molar-refractivity contribution < 1.29 is 19.7 Å². The largest absolute Gasteiger partial charge is 0.456 e. The highest BCUT2D eigenvalue weighted by Crippen LogP contribution is 2.46. The number of aliphatic hydroxyl groups excluding tert-OH is 2. The summed E-state index contributed by atoms with van der Waals surface area (Å²) in [6.07, 6.45) is 2.42. The van der Waals surface area contributed by atoms with Crippen LogP contribution < -0.4 is 0 Å². The second-order valence-electron chi connectivity index (χ2n) is 6.42. The van der Waals surface area contributed by atoms with E-state index >= 15 is 0 Å². The molecule has 2 aliphatic carbocycles. The third-order valence-electron chi connectivity index (χ3n) is 5.35. The van der Waals surface area contributed by atoms with Crippen LogP contribution >= 0.6 is 0 Å². The van der Waals surface area contributed by atoms with Gasteiger partial charge in [0.05, 0.1) is 12.2 Å². The van der Waals surface area contributed by atoms with Crippen molar-refractivity contribution in [2.75, 3.05) is 0 Å². The summed E-state index contributed by atoms with van der Waals surface area (Å²) in [6.45, 7) is 7.89. The maximum Gasteiger partial charge on any atom is 0.334 e. The fourth-order valence-electron chi connectivity index (χ4n) is 4.07. The summed E-state index contributed by atoms with van der Waals surface area (Å²) < 4.78 is 5.29. The number of ether oxygens (including phenoxy) is 1. The number of hydrogen-bond donors (Lipinski definition) is 2. The van der Waals surface area contributed by atoms with Gasteiger partial charge in [0.1, 0.15) is 6.10 Å². The van der Waals surface area contributed by atoms with Crippen molar-refractivity contribution in [3.8, 4) is 0 Å². The summed E-state index contributed by atoms with van der Waals surface area (Å²) >= 11 is 0. The zero-order valence-corrected chi connectivity index (χ0v) is 11.6. The fraction of sp³-hybridized carbons (Fsp3) is 0.688. The van der Waals surface area contributed by atoms with Gasteiger partial charge in [0.2, 0.25) is 0 Å². The number of carbonyl (C=O) groups is 1. The Morgan fingerprint density at radius 3 is 2.50 bits per heavy atom. The van der Waals surface area contributed by atoms with Gasteiger partial charge in [0.15, 0.2) is 0 Å². The van der Waals surface area contributed by atoms with Crippen LogP contribution in [0, 0.1) is 17.8 Å². The molecule has 6 atom stereocenters. The van der Waals surface area contributed by atoms with Gasteiger partial charge >= 0.3 is 5.97 Å². The number of aliphatic hydroxyl groups is 2. The van der Waals surface area contributed by atoms with E-state index in [1.807, 2.05) is 0 Å². The van der Waals surface area contributed by atoms with E-state index in [1.165, 1.54) is 0 Å². The van der Waals surface area contributed by atoms with Gasteiger partial charge in [-0.05, 0) is 49.5 Å². The summed E-state index contributed by atoms with van der Waals surface area (Å²) in [5.41, 5.74) is 1.34. The topological polar surface area (TPSA) is 66.8 Å². The van der Waals surface area contributed by atoms with Crippen molar-refractivity contribution in [2.24, 2.45) is 17.8 Å². The molecule has 2 N–H and O–H groups in total. The quantitative estimate of drug-likeness (QED) is 0.401. The molecule has 0 amide bonds. The Kier molecular flexibility index (Phi) is 3.46. The molecule has 0 spiro atoms. The molecule has 0 bridgehead atoms. The lowest BCUT2D eigenvalue weighted by molar-refractivity contribution is -0.145. The van der Waals surface area contributed by atoms with Crippen LogP contribution in [0.25, 0.3) is 0 Å². The lowest BCUT2D eigenvalue weighted by atomic mass is 9.66. The van der Waals surface area contributed by atoms with Gasteiger partial charge in [-0.1, -0.05) is 13.2 Å². The average Bonchev–Trinajstić information content (AvgIpc) is 2.69. The van der Waals surface area contributed by atoms with E-state index in [9.17, 15) is 15.0 Å². The Balaban J connectivity index is 1.88. The second-order valence-corrected chi connectivity index (χ2v) is 6.42. The molecule has 3 rings (SSSR count). The molecular formula is C16H22O4. The molecule has 110 valence electrons. The van der Waals surface area contributed by atoms with E-state index in [4.69, 9.17) is 4.74 Å². The standard InChI is InChI=1S/C16H22O4/c1-8-11-7-12-9(2)16(19)20-15(12)14(18)6-4-10(11)3-5-13(8)17/h10-15,17-18H,1-7H2/t10-,11-,12+,13-,14-,15+/m1/s1. The van der Waals surface area contributed by atoms with E-state index in [1.54, 1.807) is 0 Å². The molecule has 4 heteroatoms. The van der Waals surface area contributed by atoms with Gasteiger partial charge in [-0.2, -0.15) is 0 Å². The van der Waals surface area contributed by atoms with Crippen LogP contribution in [0.3, 0.4) is 0 Å². The molecule has 20 heavy (non-hydrogen) atoms. The Labute approximate surface area is 119 Å². The molecule has 3 aliphatic rings. The van der Waals surface area contributed by atoms with Crippen molar-refractivity contribution >= 4 is 5.97 Å². The summed E-state index contributed by atoms with van der Waals surface area (Å²) in [5.74, 6) is 0.0989. The minimum absolute atomic E-state index is 0.146. The molecule has 1 saturated heterocycles. The fourth-order valence-corrected chi connectivity index (χ4v) is 4.07. The molecule has 1 heterocycles. The van der Waals surface area contributed by atoms with E-state index in [2.05, 4.69) is 13.2 Å². The molecule has 4 nitrogen and oxygen atoms in total. The SMILES string of the molecule is C=C1[C@H](O)CC[C@@H]2CC[C@@H](O)[C@H]3OC(=O)C(=C)[C@@H]3C[C@H]12. The van der Waals surface area contributed by atoms with Gasteiger partial charge in [-0.15, -0.1) is 0 Å². The first-order valence-corrected chi connectivity index (χ1v) is 7.43. The van der Waals surface area contributed by atoms with E-state index in [0.29, 0.717) is 24.3 Å². The highest BCUT2D eigenvalue weighted by atomic mass is 16.6. The third-order valence-corrected chi connectivity index (χ3v) is 5.35. The molecule has 0 radical (unpaired) electrons. The summed E-state index contributed by atoms with van der Waals surface area (Å²) in [6, 6.07) is 0. The molecule has 0 aromatic rings. The minimum Gasteiger partial charge on any atom is -0.456 e. The molecule has 2 saturated carbocycles. The zero-order chi connectivity index (χ0) is 14.4. The van der Waals surface area contributed by atoms with Crippen molar-refractivity contribution in [1.82, 2.24) is 0 Å². The molecular weight excluding hydrogens is 256 g/mol. The van der Waals surface area contributed by atoms with Gasteiger partial charge in [0, 0.05) is 11.5 Å². The van der Waals surface area contributed by atoms with Crippen LogP contribution in [-0.2, 0) is 9.53 Å². The predicted octanol–water partition coefficient (Wildman–Crippen LogP) is 1.57. The van der Waals surface area contributed by atoms with Crippen LogP contribution in [-0.4, -0.2) is 34.5 Å². The first-order valence-electron chi connectivity index (χ1n) is 7.43. The Morgan fingerprint density at radius 2 is 1.75 bits per heavy atom. The van der Waals surface area contributed by atoms with Crippen LogP contribution in [0.1, 0.15) is 32.1 Å². The number of carbonyl (C=O) groups excluding carboxylic acids is 1. The van der Waals surface area contributed by atoms with E-state index in [0.717, 1.165) is 24.8 Å². The number of rotatable bonds is 0. The van der Waals surface area contributed by atoms with Gasteiger partial charge in [-0.3, -0.25) is 0 Å². The highest BCUT2D eigenvalue weighted by molar-refractivity contribution is 5.90. The average molecular weight is 278 g/mol. The first-order chi connectivity index (χ1) is 9.49. The summed E-state index contributed by atoms with van der Waals surface area (Å²) in [5, 5.41) is 20.3. The maximum absolute atomic E-state index is 11.7. The Bertz CT molecular complexity index is 455. The number of esters is 1. The molecule has 3 fully saturated rings. The van der Waals surface area contributed by atoms with E-state index in [-0.39, 0.29) is 17.8 Å². The zero-order valence-electron chi connectivity index (χ0n) is 11.6. The van der Waals surface area contributed by atoms with Crippen LogP contribution in [0.2, 0.25) is 0 Å². The monoisotopic (exact) mass is 278 g/mol. The predicted molar refractivity (Wildman–Crippen MR) is 73.7 cm³/mol. The van der Waals surface area contributed by atoms with Crippen molar-refractivity contribution in [1.29, 1.82) is 0 Å². The van der Waals surface area contributed by atoms with E-state index < -0.39 is 18.3 Å². The normalized spacial score (nSPS) is 45.2. The van der Waals surface area contributed by atoms with Crippen LogP contribution in [0.15, 0.2) is 24.3 Å². The van der Waals surface area contributed by atoms with Crippen LogP contribution in [0.4, 0.5) is 0 Å². The van der Waals surface area contributed by atoms with Crippen molar-refractivity contribution in [3.05, 3.63) is 24.3 Å². The minimum atomic E-state index is -0.607. The number of hydrogen-bond acceptors (Lipinski definition) is 4. The Hall–Kier alpha value is -1.13. The third kappa shape index (κ3) is 2.11. The van der Waals surface area contributed by atoms with Gasteiger partial charge in [0.25, 0.3) is 0 Å². The maximum atomic E-state index is 11.7. The van der Waals surface area contributed by atoms with Crippen molar-refractivity contribution in [3.63, 3.8) is 0 Å². The summed E-state index contributed by atoms with van der Waals surface area (Å²) in [7, 11) is 0. The Morgan fingerprint density at radius 1 is 1.05 bits per heavy atom. The number of fused-ring (bicyclic) bond motifs is 2. The van der Waals surface area contributed by atoms with Gasteiger partial charge in [-0.25, -0.2) is 4.79 Å².